The maximum absolute atomic E-state index is 11.6. The molecule has 0 saturated carbocycles. The second kappa shape index (κ2) is 7.12. The van der Waals surface area contributed by atoms with Crippen molar-refractivity contribution in [3.63, 3.8) is 0 Å². The molecule has 0 aliphatic carbocycles. The van der Waals surface area contributed by atoms with E-state index in [2.05, 4.69) is 22.6 Å². The Labute approximate surface area is 128 Å². The van der Waals surface area contributed by atoms with Gasteiger partial charge in [-0.05, 0) is 74.9 Å². The Bertz CT molecular complexity index is 424. The van der Waals surface area contributed by atoms with E-state index >= 15 is 0 Å². The van der Waals surface area contributed by atoms with E-state index in [1.165, 1.54) is 0 Å². The van der Waals surface area contributed by atoms with Gasteiger partial charge in [0.1, 0.15) is 11.4 Å². The SMILES string of the molecule is C[C@@H](CCC(=O)OC(C)(C)C)Oc1cccc(I)c1. The summed E-state index contributed by atoms with van der Waals surface area (Å²) in [6.45, 7) is 7.58. The highest BCUT2D eigenvalue weighted by atomic mass is 127. The molecule has 1 rings (SSSR count). The standard InChI is InChI=1S/C15H21IO3/c1-11(8-9-14(17)19-15(2,3)4)18-13-7-5-6-12(16)10-13/h5-7,10-11H,8-9H2,1-4H3/t11-/m0/s1. The van der Waals surface area contributed by atoms with Crippen LogP contribution in [0.5, 0.6) is 5.75 Å². The van der Waals surface area contributed by atoms with Crippen molar-refractivity contribution >= 4 is 28.6 Å². The largest absolute Gasteiger partial charge is 0.491 e. The van der Waals surface area contributed by atoms with Crippen molar-refractivity contribution in [1.82, 2.24) is 0 Å². The first-order chi connectivity index (χ1) is 8.76. The monoisotopic (exact) mass is 376 g/mol. The molecule has 0 fully saturated rings. The van der Waals surface area contributed by atoms with Crippen molar-refractivity contribution < 1.29 is 14.3 Å². The number of hydrogen-bond acceptors (Lipinski definition) is 3. The molecule has 0 radical (unpaired) electrons. The van der Waals surface area contributed by atoms with Gasteiger partial charge >= 0.3 is 5.97 Å². The molecule has 1 atom stereocenters. The molecule has 0 aliphatic rings. The first-order valence-corrected chi connectivity index (χ1v) is 7.48. The van der Waals surface area contributed by atoms with Gasteiger partial charge in [-0.3, -0.25) is 4.79 Å². The first-order valence-electron chi connectivity index (χ1n) is 6.40. The Morgan fingerprint density at radius 1 is 1.37 bits per heavy atom. The average molecular weight is 376 g/mol. The van der Waals surface area contributed by atoms with Gasteiger partial charge in [0.2, 0.25) is 0 Å². The third-order valence-corrected chi connectivity index (χ3v) is 2.98. The van der Waals surface area contributed by atoms with Gasteiger partial charge in [-0.15, -0.1) is 0 Å². The van der Waals surface area contributed by atoms with Crippen LogP contribution in [0.3, 0.4) is 0 Å². The van der Waals surface area contributed by atoms with Crippen LogP contribution >= 0.6 is 22.6 Å². The Hall–Kier alpha value is -0.780. The van der Waals surface area contributed by atoms with Crippen molar-refractivity contribution in [2.45, 2.75) is 52.2 Å². The summed E-state index contributed by atoms with van der Waals surface area (Å²) in [6, 6.07) is 7.87. The van der Waals surface area contributed by atoms with E-state index in [1.807, 2.05) is 52.0 Å². The minimum absolute atomic E-state index is 0.00859. The fourth-order valence-electron chi connectivity index (χ4n) is 1.55. The van der Waals surface area contributed by atoms with Crippen molar-refractivity contribution in [2.75, 3.05) is 0 Å². The van der Waals surface area contributed by atoms with E-state index in [4.69, 9.17) is 9.47 Å². The van der Waals surface area contributed by atoms with Gasteiger partial charge in [-0.1, -0.05) is 6.07 Å². The van der Waals surface area contributed by atoms with Gasteiger partial charge < -0.3 is 9.47 Å². The van der Waals surface area contributed by atoms with Crippen molar-refractivity contribution in [3.05, 3.63) is 27.8 Å². The minimum Gasteiger partial charge on any atom is -0.491 e. The maximum Gasteiger partial charge on any atom is 0.306 e. The van der Waals surface area contributed by atoms with Gasteiger partial charge in [-0.25, -0.2) is 0 Å². The van der Waals surface area contributed by atoms with Crippen molar-refractivity contribution in [2.24, 2.45) is 0 Å². The number of benzene rings is 1. The van der Waals surface area contributed by atoms with Crippen LogP contribution in [0, 0.1) is 3.57 Å². The normalized spacial score (nSPS) is 12.9. The van der Waals surface area contributed by atoms with Gasteiger partial charge in [0, 0.05) is 9.99 Å². The van der Waals surface area contributed by atoms with Crippen molar-refractivity contribution in [1.29, 1.82) is 0 Å². The Morgan fingerprint density at radius 3 is 2.63 bits per heavy atom. The zero-order valence-electron chi connectivity index (χ0n) is 11.9. The molecule has 0 amide bonds. The van der Waals surface area contributed by atoms with Crippen LogP contribution in [-0.2, 0) is 9.53 Å². The van der Waals surface area contributed by atoms with E-state index < -0.39 is 5.60 Å². The lowest BCUT2D eigenvalue weighted by atomic mass is 10.2. The predicted octanol–water partition coefficient (Wildman–Crippen LogP) is 4.18. The summed E-state index contributed by atoms with van der Waals surface area (Å²) >= 11 is 2.24. The van der Waals surface area contributed by atoms with Gasteiger partial charge in [0.05, 0.1) is 6.10 Å². The van der Waals surface area contributed by atoms with E-state index in [1.54, 1.807) is 0 Å². The third-order valence-electron chi connectivity index (χ3n) is 2.31. The number of rotatable bonds is 5. The van der Waals surface area contributed by atoms with Gasteiger partial charge in [-0.2, -0.15) is 0 Å². The first kappa shape index (κ1) is 16.3. The van der Waals surface area contributed by atoms with E-state index in [0.29, 0.717) is 12.8 Å². The highest BCUT2D eigenvalue weighted by molar-refractivity contribution is 14.1. The summed E-state index contributed by atoms with van der Waals surface area (Å²) in [6.07, 6.45) is 1.02. The smallest absolute Gasteiger partial charge is 0.306 e. The number of ether oxygens (including phenoxy) is 2. The van der Waals surface area contributed by atoms with Crippen LogP contribution < -0.4 is 4.74 Å². The molecule has 106 valence electrons. The highest BCUT2D eigenvalue weighted by Gasteiger charge is 2.17. The molecule has 19 heavy (non-hydrogen) atoms. The molecule has 0 aliphatic heterocycles. The number of carbonyl (C=O) groups excluding carboxylic acids is 1. The summed E-state index contributed by atoms with van der Waals surface area (Å²) in [4.78, 5) is 11.6. The molecular formula is C15H21IO3. The van der Waals surface area contributed by atoms with E-state index in [-0.39, 0.29) is 12.1 Å². The molecule has 3 nitrogen and oxygen atoms in total. The van der Waals surface area contributed by atoms with Crippen LogP contribution in [0.15, 0.2) is 24.3 Å². The zero-order chi connectivity index (χ0) is 14.5. The van der Waals surface area contributed by atoms with Gasteiger partial charge in [0.25, 0.3) is 0 Å². The highest BCUT2D eigenvalue weighted by Crippen LogP contribution is 2.18. The van der Waals surface area contributed by atoms with Crippen LogP contribution in [0.1, 0.15) is 40.5 Å². The molecule has 1 aromatic carbocycles. The molecular weight excluding hydrogens is 355 g/mol. The number of halogens is 1. The number of carbonyl (C=O) groups is 1. The Morgan fingerprint density at radius 2 is 2.05 bits per heavy atom. The molecule has 0 bridgehead atoms. The van der Waals surface area contributed by atoms with Crippen LogP contribution in [0.25, 0.3) is 0 Å². The van der Waals surface area contributed by atoms with Crippen molar-refractivity contribution in [3.8, 4) is 5.75 Å². The fraction of sp³-hybridized carbons (Fsp3) is 0.533. The number of hydrogen-bond donors (Lipinski definition) is 0. The average Bonchev–Trinajstić information content (AvgIpc) is 2.24. The van der Waals surface area contributed by atoms with Crippen LogP contribution in [0.4, 0.5) is 0 Å². The Balaban J connectivity index is 2.36. The summed E-state index contributed by atoms with van der Waals surface area (Å²) in [5.74, 6) is 0.661. The molecule has 0 saturated heterocycles. The maximum atomic E-state index is 11.6. The third kappa shape index (κ3) is 7.40. The lowest BCUT2D eigenvalue weighted by Crippen LogP contribution is -2.25. The van der Waals surface area contributed by atoms with E-state index in [0.717, 1.165) is 9.32 Å². The molecule has 0 heterocycles. The lowest BCUT2D eigenvalue weighted by molar-refractivity contribution is -0.155. The summed E-state index contributed by atoms with van der Waals surface area (Å²) in [5.41, 5.74) is -0.420. The quantitative estimate of drug-likeness (QED) is 0.571. The molecule has 0 aromatic heterocycles. The lowest BCUT2D eigenvalue weighted by Gasteiger charge is -2.20. The second-order valence-electron chi connectivity index (χ2n) is 5.51. The zero-order valence-corrected chi connectivity index (χ0v) is 14.1. The minimum atomic E-state index is -0.420. The fourth-order valence-corrected chi connectivity index (χ4v) is 2.06. The summed E-state index contributed by atoms with van der Waals surface area (Å²) in [7, 11) is 0. The molecule has 0 spiro atoms. The topological polar surface area (TPSA) is 35.5 Å². The predicted molar refractivity (Wildman–Crippen MR) is 84.3 cm³/mol. The summed E-state index contributed by atoms with van der Waals surface area (Å²) < 4.78 is 12.2. The van der Waals surface area contributed by atoms with Gasteiger partial charge in [0.15, 0.2) is 0 Å². The summed E-state index contributed by atoms with van der Waals surface area (Å²) in [5, 5.41) is 0. The molecule has 1 aromatic rings. The Kier molecular flexibility index (Phi) is 6.10. The van der Waals surface area contributed by atoms with E-state index in [9.17, 15) is 4.79 Å². The second-order valence-corrected chi connectivity index (χ2v) is 6.76. The number of esters is 1. The molecule has 0 N–H and O–H groups in total. The molecule has 0 unspecified atom stereocenters. The van der Waals surface area contributed by atoms with Crippen LogP contribution in [0.2, 0.25) is 0 Å². The van der Waals surface area contributed by atoms with Crippen LogP contribution in [-0.4, -0.2) is 17.7 Å². The molecule has 4 heteroatoms.